The number of ether oxygens (including phenoxy) is 1. The lowest BCUT2D eigenvalue weighted by Gasteiger charge is -2.17. The fourth-order valence-corrected chi connectivity index (χ4v) is 2.86. The number of furan rings is 1. The van der Waals surface area contributed by atoms with Crippen molar-refractivity contribution in [2.24, 2.45) is 0 Å². The van der Waals surface area contributed by atoms with Crippen molar-refractivity contribution in [1.29, 1.82) is 0 Å². The maximum absolute atomic E-state index is 11.8. The quantitative estimate of drug-likeness (QED) is 0.758. The summed E-state index contributed by atoms with van der Waals surface area (Å²) in [6, 6.07) is 5.13. The summed E-state index contributed by atoms with van der Waals surface area (Å²) >= 11 is 3.16. The first-order valence-electron chi connectivity index (χ1n) is 7.89. The van der Waals surface area contributed by atoms with E-state index in [4.69, 9.17) is 9.15 Å². The number of amides is 1. The molecule has 0 saturated carbocycles. The van der Waals surface area contributed by atoms with E-state index >= 15 is 0 Å². The van der Waals surface area contributed by atoms with E-state index in [9.17, 15) is 4.79 Å². The zero-order valence-corrected chi connectivity index (χ0v) is 15.0. The van der Waals surface area contributed by atoms with Crippen molar-refractivity contribution in [3.05, 3.63) is 34.5 Å². The van der Waals surface area contributed by atoms with Gasteiger partial charge in [0.1, 0.15) is 18.2 Å². The molecule has 0 aromatic carbocycles. The molecule has 0 spiro atoms. The van der Waals surface area contributed by atoms with Crippen LogP contribution in [0.4, 0.5) is 5.82 Å². The number of nitrogens with one attached hydrogen (secondary N) is 1. The molecule has 1 aliphatic rings. The Labute approximate surface area is 148 Å². The molecule has 1 saturated heterocycles. The summed E-state index contributed by atoms with van der Waals surface area (Å²) in [4.78, 5) is 22.8. The van der Waals surface area contributed by atoms with Crippen molar-refractivity contribution in [3.8, 4) is 5.88 Å². The average Bonchev–Trinajstić information content (AvgIpc) is 3.22. The number of nitrogens with zero attached hydrogens (tertiary/aromatic N) is 3. The number of carbonyl (C=O) groups is 1. The fourth-order valence-electron chi connectivity index (χ4n) is 2.55. The van der Waals surface area contributed by atoms with Gasteiger partial charge in [0, 0.05) is 19.2 Å². The van der Waals surface area contributed by atoms with Gasteiger partial charge in [0.15, 0.2) is 10.4 Å². The van der Waals surface area contributed by atoms with Gasteiger partial charge in [0.05, 0.1) is 6.54 Å². The van der Waals surface area contributed by atoms with Gasteiger partial charge in [0.2, 0.25) is 5.88 Å². The van der Waals surface area contributed by atoms with E-state index in [0.717, 1.165) is 18.9 Å². The van der Waals surface area contributed by atoms with E-state index in [1.54, 1.807) is 12.1 Å². The normalized spacial score (nSPS) is 14.0. The van der Waals surface area contributed by atoms with Crippen molar-refractivity contribution >= 4 is 27.7 Å². The van der Waals surface area contributed by atoms with Gasteiger partial charge in [0.25, 0.3) is 5.91 Å². The predicted molar refractivity (Wildman–Crippen MR) is 92.5 cm³/mol. The monoisotopic (exact) mass is 394 g/mol. The smallest absolute Gasteiger partial charge is 0.287 e. The maximum Gasteiger partial charge on any atom is 0.287 e. The lowest BCUT2D eigenvalue weighted by atomic mass is 10.4. The van der Waals surface area contributed by atoms with Gasteiger partial charge in [-0.2, -0.15) is 4.98 Å². The molecule has 3 heterocycles. The Morgan fingerprint density at radius 2 is 2.17 bits per heavy atom. The summed E-state index contributed by atoms with van der Waals surface area (Å²) in [5.41, 5.74) is 0. The molecule has 3 rings (SSSR count). The molecule has 0 unspecified atom stereocenters. The Bertz CT molecular complexity index is 713. The molecule has 7 nitrogen and oxygen atoms in total. The van der Waals surface area contributed by atoms with E-state index in [-0.39, 0.29) is 11.7 Å². The zero-order valence-electron chi connectivity index (χ0n) is 13.4. The third-order valence-corrected chi connectivity index (χ3v) is 4.09. The summed E-state index contributed by atoms with van der Waals surface area (Å²) in [6.07, 6.45) is 2.38. The lowest BCUT2D eigenvalue weighted by Crippen LogP contribution is -2.28. The molecule has 0 atom stereocenters. The van der Waals surface area contributed by atoms with Gasteiger partial charge in [-0.15, -0.1) is 0 Å². The summed E-state index contributed by atoms with van der Waals surface area (Å²) < 4.78 is 11.4. The summed E-state index contributed by atoms with van der Waals surface area (Å²) in [7, 11) is 0. The van der Waals surface area contributed by atoms with Crippen LogP contribution in [0, 0.1) is 6.92 Å². The summed E-state index contributed by atoms with van der Waals surface area (Å²) in [5.74, 6) is 2.09. The van der Waals surface area contributed by atoms with Gasteiger partial charge in [-0.25, -0.2) is 4.98 Å². The summed E-state index contributed by atoms with van der Waals surface area (Å²) in [6.45, 7) is 4.57. The van der Waals surface area contributed by atoms with Crippen LogP contribution in [0.1, 0.15) is 29.2 Å². The van der Waals surface area contributed by atoms with Crippen LogP contribution in [0.15, 0.2) is 27.3 Å². The highest BCUT2D eigenvalue weighted by Gasteiger charge is 2.15. The van der Waals surface area contributed by atoms with Gasteiger partial charge in [-0.3, -0.25) is 4.79 Å². The largest absolute Gasteiger partial charge is 0.476 e. The minimum absolute atomic E-state index is 0.260. The molecule has 0 radical (unpaired) electrons. The van der Waals surface area contributed by atoms with Gasteiger partial charge >= 0.3 is 0 Å². The van der Waals surface area contributed by atoms with Crippen LogP contribution in [-0.2, 0) is 0 Å². The summed E-state index contributed by atoms with van der Waals surface area (Å²) in [5, 5.41) is 2.73. The number of carbonyl (C=O) groups excluding carboxylic acids is 1. The first-order chi connectivity index (χ1) is 11.6. The van der Waals surface area contributed by atoms with Crippen molar-refractivity contribution in [2.45, 2.75) is 19.8 Å². The van der Waals surface area contributed by atoms with Gasteiger partial charge in [-0.1, -0.05) is 0 Å². The van der Waals surface area contributed by atoms with Crippen LogP contribution in [0.3, 0.4) is 0 Å². The molecule has 2 aromatic heterocycles. The van der Waals surface area contributed by atoms with Crippen molar-refractivity contribution in [3.63, 3.8) is 0 Å². The van der Waals surface area contributed by atoms with Crippen LogP contribution in [0.2, 0.25) is 0 Å². The van der Waals surface area contributed by atoms with E-state index in [1.165, 1.54) is 12.8 Å². The molecule has 128 valence electrons. The molecular weight excluding hydrogens is 376 g/mol. The van der Waals surface area contributed by atoms with E-state index in [2.05, 4.69) is 36.1 Å². The first-order valence-corrected chi connectivity index (χ1v) is 8.68. The maximum atomic E-state index is 11.8. The molecule has 24 heavy (non-hydrogen) atoms. The molecule has 1 N–H and O–H groups in total. The number of rotatable bonds is 6. The van der Waals surface area contributed by atoms with Crippen LogP contribution >= 0.6 is 15.9 Å². The highest BCUT2D eigenvalue weighted by Crippen LogP contribution is 2.21. The van der Waals surface area contributed by atoms with Gasteiger partial charge in [-0.05, 0) is 47.8 Å². The van der Waals surface area contributed by atoms with E-state index in [1.807, 2.05) is 13.0 Å². The Morgan fingerprint density at radius 1 is 1.38 bits per heavy atom. The predicted octanol–water partition coefficient (Wildman–Crippen LogP) is 2.55. The second kappa shape index (κ2) is 7.65. The Balaban J connectivity index is 1.50. The van der Waals surface area contributed by atoms with Crippen molar-refractivity contribution in [1.82, 2.24) is 15.3 Å². The number of aromatic nitrogens is 2. The minimum Gasteiger partial charge on any atom is -0.476 e. The molecule has 1 fully saturated rings. The van der Waals surface area contributed by atoms with Crippen LogP contribution < -0.4 is 15.0 Å². The molecular formula is C16H19BrN4O3. The second-order valence-electron chi connectivity index (χ2n) is 5.51. The first kappa shape index (κ1) is 16.8. The lowest BCUT2D eigenvalue weighted by molar-refractivity contribution is 0.0917. The number of hydrogen-bond acceptors (Lipinski definition) is 6. The van der Waals surface area contributed by atoms with Crippen LogP contribution in [0.5, 0.6) is 5.88 Å². The van der Waals surface area contributed by atoms with E-state index in [0.29, 0.717) is 29.5 Å². The Kier molecular flexibility index (Phi) is 5.34. The topological polar surface area (TPSA) is 80.5 Å². The highest BCUT2D eigenvalue weighted by molar-refractivity contribution is 9.10. The third-order valence-electron chi connectivity index (χ3n) is 3.67. The Hall–Kier alpha value is -2.09. The van der Waals surface area contributed by atoms with Gasteiger partial charge < -0.3 is 19.4 Å². The number of anilines is 1. The third kappa shape index (κ3) is 4.25. The van der Waals surface area contributed by atoms with Crippen LogP contribution in [0.25, 0.3) is 0 Å². The standard InChI is InChI=1S/C16H19BrN4O3/c1-11-19-14(21-7-2-3-8-21)10-15(20-11)23-9-6-18-16(22)12-4-5-13(17)24-12/h4-5,10H,2-3,6-9H2,1H3,(H,18,22). The molecule has 0 bridgehead atoms. The minimum atomic E-state index is -0.277. The molecule has 2 aromatic rings. The average molecular weight is 395 g/mol. The number of halogens is 1. The van der Waals surface area contributed by atoms with Crippen LogP contribution in [-0.4, -0.2) is 42.1 Å². The molecule has 1 amide bonds. The molecule has 8 heteroatoms. The van der Waals surface area contributed by atoms with Crippen molar-refractivity contribution in [2.75, 3.05) is 31.1 Å². The number of aryl methyl sites for hydroxylation is 1. The molecule has 1 aliphatic heterocycles. The number of hydrogen-bond donors (Lipinski definition) is 1. The SMILES string of the molecule is Cc1nc(OCCNC(=O)c2ccc(Br)o2)cc(N2CCCC2)n1. The second-order valence-corrected chi connectivity index (χ2v) is 6.30. The fraction of sp³-hybridized carbons (Fsp3) is 0.438. The molecule has 0 aliphatic carbocycles. The van der Waals surface area contributed by atoms with Crippen molar-refractivity contribution < 1.29 is 13.9 Å². The Morgan fingerprint density at radius 3 is 2.88 bits per heavy atom. The highest BCUT2D eigenvalue weighted by atomic mass is 79.9. The van der Waals surface area contributed by atoms with E-state index < -0.39 is 0 Å². The zero-order chi connectivity index (χ0) is 16.9.